The number of phenols is 1. The summed E-state index contributed by atoms with van der Waals surface area (Å²) in [5, 5.41) is 15.8. The molecule has 0 fully saturated rings. The largest absolute Gasteiger partial charge is 0.504 e. The Balaban J connectivity index is 1.54. The number of hydrogen-bond acceptors (Lipinski definition) is 5. The number of pyridine rings is 1. The molecule has 0 bridgehead atoms. The van der Waals surface area contributed by atoms with Crippen molar-refractivity contribution < 1.29 is 14.2 Å². The van der Waals surface area contributed by atoms with Crippen LogP contribution in [0, 0.1) is 12.7 Å². The third-order valence-corrected chi connectivity index (χ3v) is 6.19. The minimum absolute atomic E-state index is 0.110. The Bertz CT molecular complexity index is 1220. The van der Waals surface area contributed by atoms with Crippen LogP contribution in [-0.2, 0) is 13.1 Å². The molecule has 5 rings (SSSR count). The first-order valence-corrected chi connectivity index (χ1v) is 10.8. The zero-order chi connectivity index (χ0) is 20.7. The third-order valence-electron chi connectivity index (χ3n) is 5.45. The van der Waals surface area contributed by atoms with Gasteiger partial charge in [-0.15, -0.1) is 0 Å². The van der Waals surface area contributed by atoms with Crippen LogP contribution in [0.5, 0.6) is 11.5 Å². The van der Waals surface area contributed by atoms with Crippen molar-refractivity contribution in [2.75, 3.05) is 13.2 Å². The number of thiophene rings is 1. The summed E-state index contributed by atoms with van der Waals surface area (Å²) in [5.74, 6) is 0.336. The summed E-state index contributed by atoms with van der Waals surface area (Å²) in [7, 11) is 0. The number of benzene rings is 2. The fourth-order valence-corrected chi connectivity index (χ4v) is 4.66. The zero-order valence-electron chi connectivity index (χ0n) is 16.6. The Morgan fingerprint density at radius 1 is 1.20 bits per heavy atom. The number of nitrogens with zero attached hydrogens (tertiary/aromatic N) is 2. The maximum Gasteiger partial charge on any atom is 0.165 e. The molecule has 0 spiro atoms. The van der Waals surface area contributed by atoms with Crippen LogP contribution < -0.4 is 4.74 Å². The molecule has 0 unspecified atom stereocenters. The molecule has 2 aromatic heterocycles. The smallest absolute Gasteiger partial charge is 0.165 e. The van der Waals surface area contributed by atoms with Crippen molar-refractivity contribution in [1.29, 1.82) is 0 Å². The van der Waals surface area contributed by atoms with Gasteiger partial charge in [-0.1, -0.05) is 0 Å². The van der Waals surface area contributed by atoms with Gasteiger partial charge in [-0.2, -0.15) is 11.3 Å². The van der Waals surface area contributed by atoms with Crippen LogP contribution in [0.3, 0.4) is 0 Å². The van der Waals surface area contributed by atoms with E-state index in [1.807, 2.05) is 19.1 Å². The Hall–Kier alpha value is -2.96. The molecule has 6 heteroatoms. The molecule has 30 heavy (non-hydrogen) atoms. The van der Waals surface area contributed by atoms with E-state index in [9.17, 15) is 9.50 Å². The van der Waals surface area contributed by atoms with Gasteiger partial charge in [0.1, 0.15) is 12.4 Å². The summed E-state index contributed by atoms with van der Waals surface area (Å²) >= 11 is 1.69. The van der Waals surface area contributed by atoms with E-state index >= 15 is 0 Å². The molecule has 4 aromatic rings. The van der Waals surface area contributed by atoms with E-state index in [0.29, 0.717) is 30.1 Å². The topological polar surface area (TPSA) is 45.6 Å². The van der Waals surface area contributed by atoms with Gasteiger partial charge < -0.3 is 9.84 Å². The van der Waals surface area contributed by atoms with Crippen molar-refractivity contribution in [1.82, 2.24) is 9.88 Å². The molecule has 0 saturated carbocycles. The van der Waals surface area contributed by atoms with Crippen molar-refractivity contribution in [3.8, 4) is 22.8 Å². The number of hydrogen-bond donors (Lipinski definition) is 1. The molecule has 1 N–H and O–H groups in total. The predicted octanol–water partition coefficient (Wildman–Crippen LogP) is 5.51. The molecule has 0 atom stereocenters. The van der Waals surface area contributed by atoms with Gasteiger partial charge in [0.05, 0.1) is 11.2 Å². The number of aromatic nitrogens is 1. The monoisotopic (exact) mass is 420 g/mol. The van der Waals surface area contributed by atoms with Gasteiger partial charge in [0.2, 0.25) is 0 Å². The maximum absolute atomic E-state index is 13.7. The maximum atomic E-state index is 13.7. The molecule has 0 radical (unpaired) electrons. The zero-order valence-corrected chi connectivity index (χ0v) is 17.4. The van der Waals surface area contributed by atoms with Crippen LogP contribution >= 0.6 is 11.3 Å². The second kappa shape index (κ2) is 7.70. The van der Waals surface area contributed by atoms with Crippen LogP contribution in [0.4, 0.5) is 4.39 Å². The van der Waals surface area contributed by atoms with E-state index in [2.05, 4.69) is 26.7 Å². The highest BCUT2D eigenvalue weighted by molar-refractivity contribution is 7.07. The van der Waals surface area contributed by atoms with E-state index in [-0.39, 0.29) is 11.6 Å². The molecular weight excluding hydrogens is 399 g/mol. The van der Waals surface area contributed by atoms with Crippen LogP contribution in [0.2, 0.25) is 0 Å². The van der Waals surface area contributed by atoms with Crippen molar-refractivity contribution in [3.05, 3.63) is 75.7 Å². The number of ether oxygens (including phenoxy) is 1. The number of halogens is 1. The van der Waals surface area contributed by atoms with E-state index in [1.54, 1.807) is 23.5 Å². The van der Waals surface area contributed by atoms with E-state index in [1.165, 1.54) is 17.7 Å². The number of fused-ring (bicyclic) bond motifs is 2. The van der Waals surface area contributed by atoms with E-state index < -0.39 is 0 Å². The van der Waals surface area contributed by atoms with Crippen LogP contribution in [0.25, 0.3) is 22.2 Å². The standard InChI is InChI=1S/C24H21FN2O2S/c1-15-8-21(26-22-11-19(25)2-3-20(15)22)17-9-18-13-27(12-16-4-7-30-14-16)5-6-29-24(18)23(28)10-17/h2-4,7-11,14,28H,5-6,12-13H2,1H3. The van der Waals surface area contributed by atoms with Gasteiger partial charge >= 0.3 is 0 Å². The summed E-state index contributed by atoms with van der Waals surface area (Å²) in [4.78, 5) is 6.97. The Morgan fingerprint density at radius 3 is 2.93 bits per heavy atom. The minimum Gasteiger partial charge on any atom is -0.504 e. The SMILES string of the molecule is Cc1cc(-c2cc(O)c3c(c2)CN(Cc2ccsc2)CCO3)nc2cc(F)ccc12. The van der Waals surface area contributed by atoms with Crippen LogP contribution in [-0.4, -0.2) is 28.1 Å². The Labute approximate surface area is 178 Å². The highest BCUT2D eigenvalue weighted by Crippen LogP contribution is 2.38. The molecule has 1 aliphatic rings. The number of phenolic OH excluding ortho intramolecular Hbond substituents is 1. The van der Waals surface area contributed by atoms with Gasteiger partial charge in [0.25, 0.3) is 0 Å². The van der Waals surface area contributed by atoms with Gasteiger partial charge in [-0.25, -0.2) is 9.37 Å². The molecule has 3 heterocycles. The number of aromatic hydroxyl groups is 1. The van der Waals surface area contributed by atoms with Crippen molar-refractivity contribution in [3.63, 3.8) is 0 Å². The van der Waals surface area contributed by atoms with Crippen molar-refractivity contribution in [2.45, 2.75) is 20.0 Å². The lowest BCUT2D eigenvalue weighted by Gasteiger charge is -2.19. The lowest BCUT2D eigenvalue weighted by molar-refractivity contribution is 0.217. The second-order valence-corrected chi connectivity index (χ2v) is 8.44. The number of aryl methyl sites for hydroxylation is 1. The molecule has 0 amide bonds. The predicted molar refractivity (Wildman–Crippen MR) is 117 cm³/mol. The summed E-state index contributed by atoms with van der Waals surface area (Å²) in [5.41, 5.74) is 5.32. The molecule has 4 nitrogen and oxygen atoms in total. The molecule has 2 aromatic carbocycles. The van der Waals surface area contributed by atoms with Crippen molar-refractivity contribution in [2.24, 2.45) is 0 Å². The lowest BCUT2D eigenvalue weighted by atomic mass is 10.0. The Morgan fingerprint density at radius 2 is 2.10 bits per heavy atom. The van der Waals surface area contributed by atoms with Crippen molar-refractivity contribution >= 4 is 22.2 Å². The first kappa shape index (κ1) is 19.0. The molecular formula is C24H21FN2O2S. The molecule has 1 aliphatic heterocycles. The van der Waals surface area contributed by atoms with Crippen LogP contribution in [0.1, 0.15) is 16.7 Å². The molecule has 152 valence electrons. The molecule has 0 aliphatic carbocycles. The molecule has 0 saturated heterocycles. The third kappa shape index (κ3) is 3.64. The summed E-state index contributed by atoms with van der Waals surface area (Å²) in [6.45, 7) is 4.81. The second-order valence-electron chi connectivity index (χ2n) is 7.66. The van der Waals surface area contributed by atoms with E-state index in [4.69, 9.17) is 4.74 Å². The first-order chi connectivity index (χ1) is 14.6. The summed E-state index contributed by atoms with van der Waals surface area (Å²) < 4.78 is 19.6. The average Bonchev–Trinajstić information content (AvgIpc) is 3.13. The summed E-state index contributed by atoms with van der Waals surface area (Å²) in [6.07, 6.45) is 0. The quantitative estimate of drug-likeness (QED) is 0.475. The minimum atomic E-state index is -0.311. The van der Waals surface area contributed by atoms with Gasteiger partial charge in [-0.05, 0) is 65.2 Å². The normalized spacial score (nSPS) is 14.3. The van der Waals surface area contributed by atoms with Gasteiger partial charge in [0, 0.05) is 42.2 Å². The fraction of sp³-hybridized carbons (Fsp3) is 0.208. The Kier molecular flexibility index (Phi) is 4.89. The van der Waals surface area contributed by atoms with Crippen LogP contribution in [0.15, 0.2) is 53.2 Å². The van der Waals surface area contributed by atoms with Gasteiger partial charge in [-0.3, -0.25) is 4.90 Å². The average molecular weight is 421 g/mol. The fourth-order valence-electron chi connectivity index (χ4n) is 4.00. The first-order valence-electron chi connectivity index (χ1n) is 9.86. The summed E-state index contributed by atoms with van der Waals surface area (Å²) in [6, 6.07) is 12.5. The van der Waals surface area contributed by atoms with Gasteiger partial charge in [0.15, 0.2) is 11.5 Å². The highest BCUT2D eigenvalue weighted by Gasteiger charge is 2.20. The van der Waals surface area contributed by atoms with E-state index in [0.717, 1.165) is 35.2 Å². The number of rotatable bonds is 3. The lowest BCUT2D eigenvalue weighted by Crippen LogP contribution is -2.24. The highest BCUT2D eigenvalue weighted by atomic mass is 32.1.